The van der Waals surface area contributed by atoms with Crippen LogP contribution in [0.5, 0.6) is 0 Å². The Morgan fingerprint density at radius 1 is 1.16 bits per heavy atom. The summed E-state index contributed by atoms with van der Waals surface area (Å²) in [4.78, 5) is 10.9. The molecule has 1 aliphatic rings. The summed E-state index contributed by atoms with van der Waals surface area (Å²) in [5.74, 6) is -1.65. The van der Waals surface area contributed by atoms with Gasteiger partial charge in [0.2, 0.25) is 0 Å². The minimum atomic E-state index is -5.69. The molecular weight excluding hydrogens is 278 g/mol. The van der Waals surface area contributed by atoms with Crippen molar-refractivity contribution in [3.05, 3.63) is 24.8 Å². The van der Waals surface area contributed by atoms with E-state index < -0.39 is 24.4 Å². The van der Waals surface area contributed by atoms with E-state index in [1.165, 1.54) is 6.08 Å². The molecule has 0 amide bonds. The third kappa shape index (κ3) is 4.60. The van der Waals surface area contributed by atoms with Gasteiger partial charge in [-0.2, -0.15) is 26.3 Å². The summed E-state index contributed by atoms with van der Waals surface area (Å²) in [6, 6.07) is 0. The van der Waals surface area contributed by atoms with Crippen LogP contribution in [-0.2, 0) is 9.53 Å². The highest BCUT2D eigenvalue weighted by molar-refractivity contribution is 5.82. The summed E-state index contributed by atoms with van der Waals surface area (Å²) < 4.78 is 75.8. The second-order valence-corrected chi connectivity index (χ2v) is 4.06. The lowest BCUT2D eigenvalue weighted by atomic mass is 10.3. The molecular formula is C11H10F6O2. The molecule has 2 unspecified atom stereocenters. The van der Waals surface area contributed by atoms with Gasteiger partial charge in [0.15, 0.2) is 0 Å². The zero-order chi connectivity index (χ0) is 14.8. The molecule has 1 aliphatic carbocycles. The zero-order valence-corrected chi connectivity index (χ0v) is 9.46. The van der Waals surface area contributed by atoms with Crippen molar-refractivity contribution in [2.24, 2.45) is 11.8 Å². The molecule has 2 atom stereocenters. The monoisotopic (exact) mass is 288 g/mol. The third-order valence-electron chi connectivity index (χ3n) is 2.50. The first-order chi connectivity index (χ1) is 8.55. The second-order valence-electron chi connectivity index (χ2n) is 4.06. The highest BCUT2D eigenvalue weighted by Crippen LogP contribution is 2.40. The topological polar surface area (TPSA) is 26.3 Å². The summed E-state index contributed by atoms with van der Waals surface area (Å²) >= 11 is 0. The number of carbonyl (C=O) groups excluding carboxylic acids is 1. The van der Waals surface area contributed by atoms with Crippen molar-refractivity contribution in [1.82, 2.24) is 0 Å². The van der Waals surface area contributed by atoms with E-state index in [-0.39, 0.29) is 11.8 Å². The van der Waals surface area contributed by atoms with Crippen LogP contribution in [0, 0.1) is 11.8 Å². The van der Waals surface area contributed by atoms with Gasteiger partial charge >= 0.3 is 18.3 Å². The van der Waals surface area contributed by atoms with Gasteiger partial charge in [0.25, 0.3) is 6.10 Å². The van der Waals surface area contributed by atoms with Crippen molar-refractivity contribution in [3.8, 4) is 0 Å². The van der Waals surface area contributed by atoms with Gasteiger partial charge in [-0.15, -0.1) is 6.58 Å². The van der Waals surface area contributed by atoms with Gasteiger partial charge in [-0.3, -0.25) is 0 Å². The fourth-order valence-electron chi connectivity index (χ4n) is 1.40. The lowest BCUT2D eigenvalue weighted by Crippen LogP contribution is -2.45. The second kappa shape index (κ2) is 5.26. The molecule has 0 aromatic rings. The van der Waals surface area contributed by atoms with Gasteiger partial charge in [0.05, 0.1) is 0 Å². The van der Waals surface area contributed by atoms with E-state index >= 15 is 0 Å². The molecule has 0 spiro atoms. The van der Waals surface area contributed by atoms with Crippen molar-refractivity contribution >= 4 is 5.97 Å². The van der Waals surface area contributed by atoms with E-state index in [1.807, 2.05) is 0 Å². The summed E-state index contributed by atoms with van der Waals surface area (Å²) in [6.45, 7) is 3.47. The van der Waals surface area contributed by atoms with Crippen molar-refractivity contribution in [1.29, 1.82) is 0 Å². The van der Waals surface area contributed by atoms with Crippen LogP contribution in [0.3, 0.4) is 0 Å². The molecule has 0 aromatic heterocycles. The number of rotatable bonds is 4. The van der Waals surface area contributed by atoms with Crippen LogP contribution in [0.4, 0.5) is 26.3 Å². The lowest BCUT2D eigenvalue weighted by molar-refractivity contribution is -0.312. The van der Waals surface area contributed by atoms with Gasteiger partial charge in [-0.05, 0) is 18.3 Å². The van der Waals surface area contributed by atoms with E-state index in [1.54, 1.807) is 6.08 Å². The fraction of sp³-hybridized carbons (Fsp3) is 0.545. The maximum absolute atomic E-state index is 12.1. The fourth-order valence-corrected chi connectivity index (χ4v) is 1.40. The molecule has 0 bridgehead atoms. The van der Waals surface area contributed by atoms with Crippen LogP contribution < -0.4 is 0 Å². The van der Waals surface area contributed by atoms with Gasteiger partial charge in [-0.1, -0.05) is 12.2 Å². The standard InChI is InChI=1S/C11H10F6O2/c1-2-6-5-7(6)3-4-8(18)19-9(10(12,13)14)11(15,16)17/h2-4,6-7,9H,1,5H2/b4-3+. The van der Waals surface area contributed by atoms with Crippen LogP contribution >= 0.6 is 0 Å². The van der Waals surface area contributed by atoms with Gasteiger partial charge < -0.3 is 4.74 Å². The van der Waals surface area contributed by atoms with E-state index in [0.29, 0.717) is 12.5 Å². The number of halogens is 6. The first-order valence-electron chi connectivity index (χ1n) is 5.20. The molecule has 0 aromatic carbocycles. The number of carbonyl (C=O) groups is 1. The molecule has 1 rings (SSSR count). The van der Waals surface area contributed by atoms with Gasteiger partial charge in [-0.25, -0.2) is 4.79 Å². The molecule has 0 heterocycles. The number of hydrogen-bond acceptors (Lipinski definition) is 2. The predicted molar refractivity (Wildman–Crippen MR) is 52.9 cm³/mol. The van der Waals surface area contributed by atoms with E-state index in [9.17, 15) is 31.1 Å². The molecule has 0 radical (unpaired) electrons. The maximum atomic E-state index is 12.1. The Kier molecular flexibility index (Phi) is 4.32. The van der Waals surface area contributed by atoms with E-state index in [4.69, 9.17) is 0 Å². The first kappa shape index (κ1) is 15.6. The Morgan fingerprint density at radius 2 is 1.68 bits per heavy atom. The Morgan fingerprint density at radius 3 is 2.05 bits per heavy atom. The Hall–Kier alpha value is -1.47. The minimum absolute atomic E-state index is 0.0831. The number of hydrogen-bond donors (Lipinski definition) is 0. The molecule has 0 aliphatic heterocycles. The Labute approximate surface area is 104 Å². The van der Waals surface area contributed by atoms with Crippen LogP contribution in [0.1, 0.15) is 6.42 Å². The highest BCUT2D eigenvalue weighted by atomic mass is 19.4. The molecule has 0 N–H and O–H groups in total. The van der Waals surface area contributed by atoms with Crippen molar-refractivity contribution in [2.45, 2.75) is 24.9 Å². The van der Waals surface area contributed by atoms with Crippen molar-refractivity contribution in [2.75, 3.05) is 0 Å². The average Bonchev–Trinajstić information content (AvgIpc) is 2.98. The third-order valence-corrected chi connectivity index (χ3v) is 2.50. The first-order valence-corrected chi connectivity index (χ1v) is 5.20. The Bertz CT molecular complexity index is 368. The van der Waals surface area contributed by atoms with Crippen molar-refractivity contribution in [3.63, 3.8) is 0 Å². The average molecular weight is 288 g/mol. The summed E-state index contributed by atoms with van der Waals surface area (Å²) in [6.07, 6.45) is -11.4. The molecule has 1 fully saturated rings. The summed E-state index contributed by atoms with van der Waals surface area (Å²) in [5, 5.41) is 0. The summed E-state index contributed by atoms with van der Waals surface area (Å²) in [7, 11) is 0. The Balaban J connectivity index is 2.60. The van der Waals surface area contributed by atoms with Crippen molar-refractivity contribution < 1.29 is 35.9 Å². The largest absolute Gasteiger partial charge is 0.440 e. The highest BCUT2D eigenvalue weighted by Gasteiger charge is 2.59. The van der Waals surface area contributed by atoms with Gasteiger partial charge in [0.1, 0.15) is 0 Å². The van der Waals surface area contributed by atoms with Crippen LogP contribution in [0.15, 0.2) is 24.8 Å². The van der Waals surface area contributed by atoms with Gasteiger partial charge in [0, 0.05) is 6.08 Å². The molecule has 8 heteroatoms. The number of allylic oxidation sites excluding steroid dienone is 2. The number of alkyl halides is 6. The number of esters is 1. The molecule has 108 valence electrons. The van der Waals surface area contributed by atoms with Crippen LogP contribution in [0.25, 0.3) is 0 Å². The quantitative estimate of drug-likeness (QED) is 0.343. The molecule has 19 heavy (non-hydrogen) atoms. The number of ether oxygens (including phenoxy) is 1. The smallest absolute Gasteiger partial charge is 0.434 e. The lowest BCUT2D eigenvalue weighted by Gasteiger charge is -2.22. The molecule has 1 saturated carbocycles. The predicted octanol–water partition coefficient (Wildman–Crippen LogP) is 3.40. The molecule has 2 nitrogen and oxygen atoms in total. The zero-order valence-electron chi connectivity index (χ0n) is 9.46. The molecule has 0 saturated heterocycles. The normalized spacial score (nSPS) is 23.7. The van der Waals surface area contributed by atoms with E-state index in [0.717, 1.165) is 0 Å². The SMILES string of the molecule is C=CC1CC1/C=C/C(=O)OC(C(F)(F)F)C(F)(F)F. The van der Waals surface area contributed by atoms with Crippen LogP contribution in [-0.4, -0.2) is 24.4 Å². The summed E-state index contributed by atoms with van der Waals surface area (Å²) in [5.41, 5.74) is 0. The maximum Gasteiger partial charge on any atom is 0.434 e. The van der Waals surface area contributed by atoms with Crippen LogP contribution in [0.2, 0.25) is 0 Å². The van der Waals surface area contributed by atoms with E-state index in [2.05, 4.69) is 11.3 Å². The minimum Gasteiger partial charge on any atom is -0.440 e.